The summed E-state index contributed by atoms with van der Waals surface area (Å²) in [5, 5.41) is 0. The maximum absolute atomic E-state index is 13.0. The number of hydrogen-bond donors (Lipinski definition) is 1. The fourth-order valence-electron chi connectivity index (χ4n) is 32.7. The van der Waals surface area contributed by atoms with Crippen molar-refractivity contribution in [3.05, 3.63) is 139 Å². The molecule has 146 heavy (non-hydrogen) atoms. The molecule has 4 aromatic heterocycles. The molecule has 0 radical (unpaired) electrons. The molecular weight excluding hydrogens is 1890 g/mol. The van der Waals surface area contributed by atoms with Crippen LogP contribution in [0.5, 0.6) is 5.88 Å². The fraction of sp³-hybridized carbons (Fsp3) is 0.722. The molecular formula is C115H157F3N8O19S. The zero-order chi connectivity index (χ0) is 105. The zero-order valence-electron chi connectivity index (χ0n) is 90.5. The van der Waals surface area contributed by atoms with Gasteiger partial charge >= 0.3 is 21.6 Å². The van der Waals surface area contributed by atoms with E-state index in [1.54, 1.807) is 0 Å². The lowest BCUT2D eigenvalue weighted by atomic mass is 9.48. The molecule has 31 heteroatoms. The SMILES string of the molecule is CC1(C)[C@@H]2CCCC(=O)[C@@]2(C)CCC12OCCO2.COC(=O)C1CC[C@H]2C(C)(C)C3(CC[C@]2(C)C1=O)OCCO3.Cc1nc(-c2ccccc2)c2c(n1)[C@@]1(C)CCC(=O)C(C)(C)[C@@H]1CC2.Cc1nc(-c2ccccc2)c2c(n1)[C@@]1(C)CCC3(OCCO3)C(C)(C)[C@@H]1CC2.Cc1nc(OS(=O)(=O)C(F)(F)F)c2c(n1)[C@@]1(C)CCC3(OCCO3)C(C)(C)[C@@H]1CC2.Cc1nc2c(c(=O)[nH]1)CC[C@H]1C(C)(C)C3(CC[C@]21C)OCCO3. The van der Waals surface area contributed by atoms with Crippen LogP contribution < -0.4 is 9.74 Å². The lowest BCUT2D eigenvalue weighted by Gasteiger charge is -2.59. The van der Waals surface area contributed by atoms with Crippen LogP contribution in [0.3, 0.4) is 0 Å². The molecule has 6 aromatic rings. The van der Waals surface area contributed by atoms with Gasteiger partial charge in [-0.25, -0.2) is 29.9 Å². The van der Waals surface area contributed by atoms with Crippen LogP contribution in [-0.2, 0) is 129 Å². The van der Waals surface area contributed by atoms with Gasteiger partial charge in [0.05, 0.1) is 107 Å². The summed E-state index contributed by atoms with van der Waals surface area (Å²) in [5.74, 6) is 1.15. The van der Waals surface area contributed by atoms with Crippen molar-refractivity contribution in [2.24, 2.45) is 84.7 Å². The number of nitrogens with zero attached hydrogens (tertiary/aromatic N) is 7. The van der Waals surface area contributed by atoms with Crippen LogP contribution in [0.1, 0.15) is 328 Å². The van der Waals surface area contributed by atoms with Crippen LogP contribution in [0, 0.1) is 112 Å². The average molecular weight is 2040 g/mol. The van der Waals surface area contributed by atoms with Gasteiger partial charge in [0, 0.05) is 143 Å². The predicted molar refractivity (Wildman–Crippen MR) is 541 cm³/mol. The largest absolute Gasteiger partial charge is 0.534 e. The minimum Gasteiger partial charge on any atom is -0.468 e. The number of aromatic nitrogens is 8. The number of Topliss-reactive ketones (excluding diaryl/α,β-unsaturated/α-hetero) is 3. The Morgan fingerprint density at radius 3 is 1.08 bits per heavy atom. The van der Waals surface area contributed by atoms with Crippen molar-refractivity contribution >= 4 is 33.4 Å². The Morgan fingerprint density at radius 1 is 0.363 bits per heavy atom. The van der Waals surface area contributed by atoms with Gasteiger partial charge in [-0.2, -0.15) is 26.6 Å². The standard InChI is InChI=1S/C24H30N2O2.C22H26N2O.C19H25F3N2O5S.C18H26N2O3.C17H26O5.C15H24O3/c1-16-25-20(17-8-6-5-7-9-17)18-10-11-19-22(2,3)24(27-14-15-28-24)13-12-23(19,4)21(18)26-16;1-14-23-19(15-8-6-5-7-9-15)16-10-11-17-21(2,3)18(25)12-13-22(17,4)20(16)24-14;1-11-23-14-12(15(24-11)29-30(25,26)19(20,21)22)5-6-13-16(2,3)18(27-9-10-28-18)8-7-17(13,14)4;1-11-19-14-12(15(21)20-11)5-6-13-16(2,3)18(22-9-10-23-18)8-7-17(13,14)4;1-15(2)12-6-5-11(14(19)20-4)13(18)16(12,3)7-8-17(15)21-9-10-22-17;1-13(2)11-5-4-6-12(16)14(11,3)7-8-15(13)17-9-10-18-15/h5-9,19H,10-15H2,1-4H3;5-9,17H,10-13H2,1-4H3;13H,5-10H2,1-4H3;13H,5-10H2,1-4H3,(H,19,20,21);11-12H,5-10H2,1-4H3;11H,4-10H2,1-3H3/t19-,23-;17-,22-;2*13-,17-;11?,12-,16-;11-,14-/m000000/s1. The van der Waals surface area contributed by atoms with Crippen LogP contribution in [0.2, 0.25) is 0 Å². The van der Waals surface area contributed by atoms with E-state index in [1.165, 1.54) is 42.1 Å². The molecule has 0 amide bonds. The summed E-state index contributed by atoms with van der Waals surface area (Å²) >= 11 is 0. The van der Waals surface area contributed by atoms with Gasteiger partial charge in [0.2, 0.25) is 5.88 Å². The summed E-state index contributed by atoms with van der Waals surface area (Å²) in [6.45, 7) is 53.5. The van der Waals surface area contributed by atoms with E-state index >= 15 is 0 Å². The third kappa shape index (κ3) is 17.2. The predicted octanol–water partition coefficient (Wildman–Crippen LogP) is 20.6. The molecule has 27 nitrogen and oxygen atoms in total. The van der Waals surface area contributed by atoms with Crippen molar-refractivity contribution in [3.8, 4) is 28.4 Å². The van der Waals surface area contributed by atoms with Gasteiger partial charge in [-0.3, -0.25) is 24.0 Å². The number of ketones is 3. The normalized spacial score (nSPS) is 33.2. The molecule has 0 bridgehead atoms. The maximum atomic E-state index is 13.0. The van der Waals surface area contributed by atoms with Crippen LogP contribution >= 0.6 is 0 Å². The van der Waals surface area contributed by atoms with Crippen molar-refractivity contribution in [3.63, 3.8) is 0 Å². The number of halogens is 3. The van der Waals surface area contributed by atoms with E-state index in [0.717, 1.165) is 149 Å². The summed E-state index contributed by atoms with van der Waals surface area (Å²) in [6, 6.07) is 21.0. The summed E-state index contributed by atoms with van der Waals surface area (Å²) in [7, 11) is -4.47. The topological polar surface area (TPSA) is 336 Å². The number of alkyl halides is 3. The van der Waals surface area contributed by atoms with Gasteiger partial charge in [-0.15, -0.1) is 0 Å². The first-order valence-corrected chi connectivity index (χ1v) is 55.3. The molecule has 8 saturated carbocycles. The fourth-order valence-corrected chi connectivity index (χ4v) is 33.1. The number of nitrogens with one attached hydrogen (secondary N) is 1. The number of H-pyrrole nitrogens is 1. The smallest absolute Gasteiger partial charge is 0.468 e. The van der Waals surface area contributed by atoms with Gasteiger partial charge in [-0.1, -0.05) is 185 Å². The Hall–Kier alpha value is -7.82. The highest BCUT2D eigenvalue weighted by molar-refractivity contribution is 7.88. The van der Waals surface area contributed by atoms with Crippen LogP contribution in [0.25, 0.3) is 22.5 Å². The zero-order valence-corrected chi connectivity index (χ0v) is 91.3. The third-order valence-electron chi connectivity index (χ3n) is 40.5. The molecule has 5 aliphatic heterocycles. The van der Waals surface area contributed by atoms with Crippen molar-refractivity contribution in [2.75, 3.05) is 73.2 Å². The van der Waals surface area contributed by atoms with Gasteiger partial charge < -0.3 is 61.3 Å². The number of benzene rings is 2. The van der Waals surface area contributed by atoms with E-state index in [-0.39, 0.29) is 83.2 Å². The maximum Gasteiger partial charge on any atom is 0.534 e. The first-order valence-electron chi connectivity index (χ1n) is 53.9. The first kappa shape index (κ1) is 108. The number of aromatic amines is 1. The molecule has 9 heterocycles. The van der Waals surface area contributed by atoms with Gasteiger partial charge in [0.25, 0.3) is 5.56 Å². The van der Waals surface area contributed by atoms with Crippen molar-refractivity contribution in [1.29, 1.82) is 0 Å². The van der Waals surface area contributed by atoms with Crippen molar-refractivity contribution in [2.45, 2.75) is 369 Å². The number of hydrogen-bond acceptors (Lipinski definition) is 26. The van der Waals surface area contributed by atoms with Crippen LogP contribution in [0.15, 0.2) is 65.5 Å². The van der Waals surface area contributed by atoms with Crippen molar-refractivity contribution < 1.29 is 97.1 Å². The minimum absolute atomic E-state index is 0.0227. The Morgan fingerprint density at radius 2 is 0.692 bits per heavy atom. The molecule has 798 valence electrons. The van der Waals surface area contributed by atoms with E-state index in [9.17, 15) is 45.6 Å². The van der Waals surface area contributed by atoms with E-state index in [0.29, 0.717) is 170 Å². The molecule has 13 atom stereocenters. The summed E-state index contributed by atoms with van der Waals surface area (Å²) < 4.78 is 132. The quantitative estimate of drug-likeness (QED) is 0.0725. The Bertz CT molecular complexity index is 6160. The first-order chi connectivity index (χ1) is 68.5. The molecule has 12 aliphatic carbocycles. The third-order valence-corrected chi connectivity index (χ3v) is 41.5. The molecule has 1 unspecified atom stereocenters. The summed E-state index contributed by atoms with van der Waals surface area (Å²) in [5.41, 5.74) is 4.52. The lowest BCUT2D eigenvalue weighted by molar-refractivity contribution is -0.283. The van der Waals surface area contributed by atoms with Gasteiger partial charge in [-0.05, 0) is 179 Å². The molecule has 13 fully saturated rings. The highest BCUT2D eigenvalue weighted by Gasteiger charge is 2.71. The van der Waals surface area contributed by atoms with Gasteiger partial charge in [0.1, 0.15) is 40.8 Å². The van der Waals surface area contributed by atoms with Crippen LogP contribution in [-0.4, -0.2) is 179 Å². The van der Waals surface area contributed by atoms with E-state index in [4.69, 9.17) is 77.0 Å². The number of fused-ring (bicyclic) bond motifs is 14. The van der Waals surface area contributed by atoms with E-state index in [2.05, 4.69) is 185 Å². The number of methoxy groups -OCH3 is 1. The highest BCUT2D eigenvalue weighted by Crippen LogP contribution is 2.70. The van der Waals surface area contributed by atoms with E-state index in [1.807, 2.05) is 40.7 Å². The lowest BCUT2D eigenvalue weighted by Crippen LogP contribution is -2.63. The summed E-state index contributed by atoms with van der Waals surface area (Å²) in [4.78, 5) is 97.9. The second-order valence-corrected chi connectivity index (χ2v) is 51.3. The number of carbonyl (C=O) groups excluding carboxylic acids is 4. The molecule has 5 spiro atoms. The van der Waals surface area contributed by atoms with Crippen molar-refractivity contribution in [1.82, 2.24) is 39.9 Å². The molecule has 1 N–H and O–H groups in total. The highest BCUT2D eigenvalue weighted by atomic mass is 32.2. The number of esters is 1. The number of rotatable bonds is 5. The molecule has 17 aliphatic rings. The molecule has 2 aromatic carbocycles. The molecule has 23 rings (SSSR count). The Balaban J connectivity index is 0.000000116. The van der Waals surface area contributed by atoms with Crippen LogP contribution in [0.4, 0.5) is 13.2 Å². The molecule has 5 saturated heterocycles. The number of ether oxygens (including phenoxy) is 11. The second-order valence-electron chi connectivity index (χ2n) is 49.8. The summed E-state index contributed by atoms with van der Waals surface area (Å²) in [6.07, 6.45) is 20.9. The Kier molecular flexibility index (Phi) is 28.2. The minimum atomic E-state index is -5.82. The number of carbonyl (C=O) groups is 4. The Labute approximate surface area is 860 Å². The second kappa shape index (κ2) is 38.2. The number of aryl methyl sites for hydroxylation is 4. The van der Waals surface area contributed by atoms with Gasteiger partial charge in [0.15, 0.2) is 34.7 Å². The average Bonchev–Trinajstić information content (AvgIpc) is 1.19. The monoisotopic (exact) mass is 2040 g/mol. The van der Waals surface area contributed by atoms with E-state index < -0.39 is 73.2 Å².